The first-order valence-electron chi connectivity index (χ1n) is 9.48. The summed E-state index contributed by atoms with van der Waals surface area (Å²) in [4.78, 5) is 13.6. The van der Waals surface area contributed by atoms with E-state index in [1.54, 1.807) is 29.2 Å². The molecule has 0 saturated heterocycles. The van der Waals surface area contributed by atoms with Gasteiger partial charge in [0, 0.05) is 24.8 Å². The van der Waals surface area contributed by atoms with Gasteiger partial charge >= 0.3 is 0 Å². The van der Waals surface area contributed by atoms with E-state index < -0.39 is 10.0 Å². The summed E-state index contributed by atoms with van der Waals surface area (Å²) in [7, 11) is -3.67. The van der Waals surface area contributed by atoms with Gasteiger partial charge < -0.3 is 4.90 Å². The number of sulfonamides is 1. The van der Waals surface area contributed by atoms with Crippen molar-refractivity contribution in [3.63, 3.8) is 0 Å². The predicted octanol–water partition coefficient (Wildman–Crippen LogP) is 4.05. The van der Waals surface area contributed by atoms with Gasteiger partial charge in [-0.15, -0.1) is 0 Å². The van der Waals surface area contributed by atoms with E-state index in [-0.39, 0.29) is 10.8 Å². The minimum Gasteiger partial charge on any atom is -0.312 e. The number of nitrogens with one attached hydrogen (secondary N) is 1. The fourth-order valence-electron chi connectivity index (χ4n) is 4.20. The molecule has 1 aliphatic heterocycles. The highest BCUT2D eigenvalue weighted by atomic mass is 32.2. The summed E-state index contributed by atoms with van der Waals surface area (Å²) in [6.45, 7) is 2.13. The maximum atomic E-state index is 12.9. The number of carbonyl (C=O) groups excluding carboxylic acids is 1. The Morgan fingerprint density at radius 1 is 1.11 bits per heavy atom. The van der Waals surface area contributed by atoms with Crippen LogP contribution in [-0.4, -0.2) is 20.9 Å². The first-order valence-corrected chi connectivity index (χ1v) is 11.0. The van der Waals surface area contributed by atoms with Crippen molar-refractivity contribution in [1.82, 2.24) is 0 Å². The highest BCUT2D eigenvalue weighted by Gasteiger charge is 2.25. The van der Waals surface area contributed by atoms with Crippen LogP contribution in [0, 0.1) is 0 Å². The van der Waals surface area contributed by atoms with E-state index in [9.17, 15) is 13.2 Å². The number of nitrogens with zero attached hydrogens (tertiary/aromatic N) is 1. The summed E-state index contributed by atoms with van der Waals surface area (Å²) in [6.07, 6.45) is 5.51. The molecule has 1 amide bonds. The lowest BCUT2D eigenvalue weighted by Gasteiger charge is -2.15. The number of rotatable bonds is 4. The van der Waals surface area contributed by atoms with Gasteiger partial charge in [0.2, 0.25) is 5.91 Å². The van der Waals surface area contributed by atoms with E-state index in [1.807, 2.05) is 12.1 Å². The Morgan fingerprint density at radius 2 is 1.89 bits per heavy atom. The summed E-state index contributed by atoms with van der Waals surface area (Å²) in [5.41, 5.74) is 3.52. The van der Waals surface area contributed by atoms with E-state index in [0.29, 0.717) is 24.6 Å². The monoisotopic (exact) mass is 384 g/mol. The molecular weight excluding hydrogens is 360 g/mol. The molecule has 4 rings (SSSR count). The van der Waals surface area contributed by atoms with Gasteiger partial charge in [0.15, 0.2) is 0 Å². The maximum Gasteiger partial charge on any atom is 0.261 e. The Hall–Kier alpha value is -2.34. The molecule has 1 N–H and O–H groups in total. The molecule has 1 aliphatic carbocycles. The SMILES string of the molecule is CC(=O)N1CCc2cc(S(=O)(=O)Nc3cccc(C4CCCC4)c3)ccc21. The number of fused-ring (bicyclic) bond motifs is 1. The zero-order valence-corrected chi connectivity index (χ0v) is 16.3. The van der Waals surface area contributed by atoms with Crippen molar-refractivity contribution in [3.05, 3.63) is 53.6 Å². The number of benzene rings is 2. The molecule has 1 heterocycles. The number of hydrogen-bond donors (Lipinski definition) is 1. The Labute approximate surface area is 160 Å². The highest BCUT2D eigenvalue weighted by Crippen LogP contribution is 2.35. The van der Waals surface area contributed by atoms with Crippen LogP contribution in [0.25, 0.3) is 0 Å². The third kappa shape index (κ3) is 3.58. The van der Waals surface area contributed by atoms with Gasteiger partial charge in [0.1, 0.15) is 0 Å². The molecule has 142 valence electrons. The molecule has 2 aromatic rings. The van der Waals surface area contributed by atoms with Crippen molar-refractivity contribution in [2.45, 2.75) is 49.8 Å². The van der Waals surface area contributed by atoms with E-state index in [0.717, 1.165) is 11.3 Å². The van der Waals surface area contributed by atoms with Crippen LogP contribution >= 0.6 is 0 Å². The maximum absolute atomic E-state index is 12.9. The number of amides is 1. The minimum absolute atomic E-state index is 0.0220. The Morgan fingerprint density at radius 3 is 2.63 bits per heavy atom. The van der Waals surface area contributed by atoms with E-state index in [4.69, 9.17) is 0 Å². The van der Waals surface area contributed by atoms with Crippen molar-refractivity contribution < 1.29 is 13.2 Å². The molecule has 0 atom stereocenters. The topological polar surface area (TPSA) is 66.5 Å². The van der Waals surface area contributed by atoms with Crippen molar-refractivity contribution in [2.24, 2.45) is 0 Å². The molecule has 2 aromatic carbocycles. The minimum atomic E-state index is -3.67. The Balaban J connectivity index is 1.58. The van der Waals surface area contributed by atoms with Crippen LogP contribution in [0.4, 0.5) is 11.4 Å². The molecule has 1 fully saturated rings. The fraction of sp³-hybridized carbons (Fsp3) is 0.381. The molecule has 0 radical (unpaired) electrons. The fourth-order valence-corrected chi connectivity index (χ4v) is 5.30. The van der Waals surface area contributed by atoms with Gasteiger partial charge in [0.25, 0.3) is 10.0 Å². The number of carbonyl (C=O) groups is 1. The van der Waals surface area contributed by atoms with Gasteiger partial charge in [-0.05, 0) is 66.6 Å². The number of anilines is 2. The molecule has 1 saturated carbocycles. The molecule has 0 unspecified atom stereocenters. The zero-order chi connectivity index (χ0) is 19.0. The van der Waals surface area contributed by atoms with Crippen LogP contribution in [0.5, 0.6) is 0 Å². The van der Waals surface area contributed by atoms with Crippen molar-refractivity contribution in [1.29, 1.82) is 0 Å². The Kier molecular flexibility index (Phi) is 4.68. The quantitative estimate of drug-likeness (QED) is 0.865. The molecule has 0 spiro atoms. The van der Waals surface area contributed by atoms with Gasteiger partial charge in [-0.2, -0.15) is 0 Å². The van der Waals surface area contributed by atoms with E-state index in [2.05, 4.69) is 10.8 Å². The third-order valence-corrected chi connectivity index (χ3v) is 6.98. The molecule has 0 aromatic heterocycles. The van der Waals surface area contributed by atoms with Crippen LogP contribution < -0.4 is 9.62 Å². The van der Waals surface area contributed by atoms with Crippen LogP contribution in [0.15, 0.2) is 47.4 Å². The first-order chi connectivity index (χ1) is 12.9. The lowest BCUT2D eigenvalue weighted by atomic mass is 9.97. The average Bonchev–Trinajstić information content (AvgIpc) is 3.31. The summed E-state index contributed by atoms with van der Waals surface area (Å²) in [5.74, 6) is 0.512. The number of hydrogen-bond acceptors (Lipinski definition) is 3. The van der Waals surface area contributed by atoms with Crippen molar-refractivity contribution in [3.8, 4) is 0 Å². The summed E-state index contributed by atoms with van der Waals surface area (Å²) in [6, 6.07) is 12.7. The zero-order valence-electron chi connectivity index (χ0n) is 15.4. The third-order valence-electron chi connectivity index (χ3n) is 5.60. The van der Waals surface area contributed by atoms with Crippen molar-refractivity contribution in [2.75, 3.05) is 16.2 Å². The first kappa shape index (κ1) is 18.0. The van der Waals surface area contributed by atoms with Crippen LogP contribution in [0.1, 0.15) is 49.7 Å². The smallest absolute Gasteiger partial charge is 0.261 e. The van der Waals surface area contributed by atoms with Gasteiger partial charge in [-0.25, -0.2) is 8.42 Å². The normalized spacial score (nSPS) is 17.1. The van der Waals surface area contributed by atoms with Gasteiger partial charge in [-0.3, -0.25) is 9.52 Å². The summed E-state index contributed by atoms with van der Waals surface area (Å²) in [5, 5.41) is 0. The second-order valence-corrected chi connectivity index (χ2v) is 9.11. The molecule has 0 bridgehead atoms. The largest absolute Gasteiger partial charge is 0.312 e. The predicted molar refractivity (Wildman–Crippen MR) is 107 cm³/mol. The highest BCUT2D eigenvalue weighted by molar-refractivity contribution is 7.92. The van der Waals surface area contributed by atoms with Gasteiger partial charge in [-0.1, -0.05) is 25.0 Å². The lowest BCUT2D eigenvalue weighted by molar-refractivity contribution is -0.116. The summed E-state index contributed by atoms with van der Waals surface area (Å²) >= 11 is 0. The molecule has 6 heteroatoms. The standard InChI is InChI=1S/C21H24N2O3S/c1-15(24)23-12-11-18-14-20(9-10-21(18)23)27(25,26)22-19-8-4-7-17(13-19)16-5-2-3-6-16/h4,7-10,13-14,16,22H,2-3,5-6,11-12H2,1H3. The average molecular weight is 385 g/mol. The molecule has 5 nitrogen and oxygen atoms in total. The lowest BCUT2D eigenvalue weighted by Crippen LogP contribution is -2.25. The van der Waals surface area contributed by atoms with Crippen molar-refractivity contribution >= 4 is 27.3 Å². The van der Waals surface area contributed by atoms with Gasteiger partial charge in [0.05, 0.1) is 4.90 Å². The van der Waals surface area contributed by atoms with E-state index in [1.165, 1.54) is 38.2 Å². The molecule has 27 heavy (non-hydrogen) atoms. The van der Waals surface area contributed by atoms with Crippen LogP contribution in [0.3, 0.4) is 0 Å². The second-order valence-electron chi connectivity index (χ2n) is 7.42. The Bertz CT molecular complexity index is 979. The molecule has 2 aliphatic rings. The van der Waals surface area contributed by atoms with Crippen LogP contribution in [-0.2, 0) is 21.2 Å². The second kappa shape index (κ2) is 7.00. The molecular formula is C21H24N2O3S. The van der Waals surface area contributed by atoms with E-state index >= 15 is 0 Å². The van der Waals surface area contributed by atoms with Crippen LogP contribution in [0.2, 0.25) is 0 Å². The summed E-state index contributed by atoms with van der Waals surface area (Å²) < 4.78 is 28.4.